The zero-order valence-electron chi connectivity index (χ0n) is 14.9. The number of hydrogen-bond acceptors (Lipinski definition) is 5. The van der Waals surface area contributed by atoms with Crippen LogP contribution in [0.3, 0.4) is 0 Å². The molecule has 1 aromatic heterocycles. The molecule has 132 valence electrons. The molecule has 6 heteroatoms. The predicted octanol–water partition coefficient (Wildman–Crippen LogP) is 2.41. The lowest BCUT2D eigenvalue weighted by Gasteiger charge is -2.33. The van der Waals surface area contributed by atoms with E-state index in [0.29, 0.717) is 5.69 Å². The van der Waals surface area contributed by atoms with Gasteiger partial charge in [0, 0.05) is 38.4 Å². The van der Waals surface area contributed by atoms with Crippen LogP contribution in [0.25, 0.3) is 0 Å². The molecule has 0 bridgehead atoms. The highest BCUT2D eigenvalue weighted by Crippen LogP contribution is 2.22. The van der Waals surface area contributed by atoms with E-state index in [2.05, 4.69) is 33.8 Å². The number of likely N-dealkylation sites (N-methyl/N-ethyl adjacent to an activating group) is 1. The van der Waals surface area contributed by atoms with Gasteiger partial charge in [0.1, 0.15) is 0 Å². The molecule has 0 unspecified atom stereocenters. The summed E-state index contributed by atoms with van der Waals surface area (Å²) < 4.78 is 0. The minimum Gasteiger partial charge on any atom is -0.335 e. The van der Waals surface area contributed by atoms with Gasteiger partial charge in [0.2, 0.25) is 0 Å². The highest BCUT2D eigenvalue weighted by Gasteiger charge is 2.22. The van der Waals surface area contributed by atoms with Crippen molar-refractivity contribution in [1.29, 1.82) is 0 Å². The normalized spacial score (nSPS) is 15.2. The van der Waals surface area contributed by atoms with Crippen molar-refractivity contribution in [2.24, 2.45) is 0 Å². The lowest BCUT2D eigenvalue weighted by Crippen LogP contribution is -2.48. The number of para-hydroxylation sites is 1. The summed E-state index contributed by atoms with van der Waals surface area (Å²) in [6, 6.07) is 13.7. The zero-order valence-corrected chi connectivity index (χ0v) is 14.9. The molecular weight excluding hydrogens is 314 g/mol. The van der Waals surface area contributed by atoms with Crippen molar-refractivity contribution in [3.8, 4) is 0 Å². The van der Waals surface area contributed by atoms with Gasteiger partial charge in [-0.05, 0) is 37.7 Å². The summed E-state index contributed by atoms with van der Waals surface area (Å²) in [5.74, 6) is 0.721. The Hall–Kier alpha value is -2.47. The third-order valence-corrected chi connectivity index (χ3v) is 4.64. The standard InChI is InChI=1S/C19H25N5O/c1-3-22-12-14-23(15-13-22)19(25)17-10-11-18(21-20-17)24(4-2)16-8-6-5-7-9-16/h5-11H,3-4,12-15H2,1-2H3. The molecule has 6 nitrogen and oxygen atoms in total. The van der Waals surface area contributed by atoms with Crippen molar-refractivity contribution in [2.75, 3.05) is 44.2 Å². The molecule has 0 N–H and O–H groups in total. The SMILES string of the molecule is CCN1CCN(C(=O)c2ccc(N(CC)c3ccccc3)nn2)CC1. The summed E-state index contributed by atoms with van der Waals surface area (Å²) >= 11 is 0. The molecule has 1 saturated heterocycles. The fourth-order valence-electron chi connectivity index (χ4n) is 3.10. The van der Waals surface area contributed by atoms with E-state index in [4.69, 9.17) is 0 Å². The molecule has 1 aliphatic rings. The number of carbonyl (C=O) groups excluding carboxylic acids is 1. The molecule has 2 aromatic rings. The molecular formula is C19H25N5O. The van der Waals surface area contributed by atoms with Crippen LogP contribution in [0, 0.1) is 0 Å². The van der Waals surface area contributed by atoms with E-state index < -0.39 is 0 Å². The summed E-state index contributed by atoms with van der Waals surface area (Å²) in [7, 11) is 0. The van der Waals surface area contributed by atoms with E-state index in [1.165, 1.54) is 0 Å². The van der Waals surface area contributed by atoms with Crippen LogP contribution in [0.15, 0.2) is 42.5 Å². The highest BCUT2D eigenvalue weighted by atomic mass is 16.2. The minimum atomic E-state index is -0.0300. The number of benzene rings is 1. The highest BCUT2D eigenvalue weighted by molar-refractivity contribution is 5.92. The van der Waals surface area contributed by atoms with Crippen molar-refractivity contribution in [3.05, 3.63) is 48.2 Å². The molecule has 2 heterocycles. The maximum atomic E-state index is 12.6. The first-order chi connectivity index (χ1) is 12.2. The quantitative estimate of drug-likeness (QED) is 0.837. The van der Waals surface area contributed by atoms with Crippen molar-refractivity contribution in [1.82, 2.24) is 20.0 Å². The van der Waals surface area contributed by atoms with E-state index in [1.807, 2.05) is 41.3 Å². The number of hydrogen-bond donors (Lipinski definition) is 0. The molecule has 0 aliphatic carbocycles. The molecule has 25 heavy (non-hydrogen) atoms. The van der Waals surface area contributed by atoms with Crippen LogP contribution >= 0.6 is 0 Å². The lowest BCUT2D eigenvalue weighted by molar-refractivity contribution is 0.0636. The summed E-state index contributed by atoms with van der Waals surface area (Å²) in [5.41, 5.74) is 1.48. The monoisotopic (exact) mass is 339 g/mol. The second kappa shape index (κ2) is 8.07. The first kappa shape index (κ1) is 17.4. The van der Waals surface area contributed by atoms with Gasteiger partial charge in [-0.3, -0.25) is 4.79 Å². The first-order valence-corrected chi connectivity index (χ1v) is 8.91. The molecule has 1 aromatic carbocycles. The average molecular weight is 339 g/mol. The summed E-state index contributed by atoms with van der Waals surface area (Å²) in [5, 5.41) is 8.48. The maximum Gasteiger partial charge on any atom is 0.274 e. The van der Waals surface area contributed by atoms with Crippen molar-refractivity contribution in [2.45, 2.75) is 13.8 Å². The number of carbonyl (C=O) groups is 1. The molecule has 0 saturated carbocycles. The topological polar surface area (TPSA) is 52.6 Å². The Bertz CT molecular complexity index is 681. The van der Waals surface area contributed by atoms with E-state index in [1.54, 1.807) is 6.07 Å². The Morgan fingerprint density at radius 1 is 1.00 bits per heavy atom. The van der Waals surface area contributed by atoms with Crippen molar-refractivity contribution < 1.29 is 4.79 Å². The summed E-state index contributed by atoms with van der Waals surface area (Å²) in [6.45, 7) is 9.38. The van der Waals surface area contributed by atoms with E-state index in [0.717, 1.165) is 50.8 Å². The molecule has 0 spiro atoms. The zero-order chi connectivity index (χ0) is 17.6. The molecule has 3 rings (SSSR count). The molecule has 1 aliphatic heterocycles. The molecule has 1 amide bonds. The Labute approximate surface area is 149 Å². The van der Waals surface area contributed by atoms with Gasteiger partial charge in [-0.1, -0.05) is 25.1 Å². The van der Waals surface area contributed by atoms with Crippen LogP contribution in [0.4, 0.5) is 11.5 Å². The summed E-state index contributed by atoms with van der Waals surface area (Å²) in [4.78, 5) is 18.9. The van der Waals surface area contributed by atoms with Gasteiger partial charge in [0.25, 0.3) is 5.91 Å². The first-order valence-electron chi connectivity index (χ1n) is 8.91. The third-order valence-electron chi connectivity index (χ3n) is 4.64. The van der Waals surface area contributed by atoms with Gasteiger partial charge in [0.15, 0.2) is 11.5 Å². The average Bonchev–Trinajstić information content (AvgIpc) is 2.69. The number of piperazine rings is 1. The fraction of sp³-hybridized carbons (Fsp3) is 0.421. The van der Waals surface area contributed by atoms with Crippen LogP contribution < -0.4 is 4.90 Å². The van der Waals surface area contributed by atoms with Gasteiger partial charge >= 0.3 is 0 Å². The largest absolute Gasteiger partial charge is 0.335 e. The van der Waals surface area contributed by atoms with Gasteiger partial charge < -0.3 is 14.7 Å². The minimum absolute atomic E-state index is 0.0300. The number of rotatable bonds is 5. The van der Waals surface area contributed by atoms with E-state index >= 15 is 0 Å². The second-order valence-corrected chi connectivity index (χ2v) is 6.08. The van der Waals surface area contributed by atoms with Crippen LogP contribution in [0.5, 0.6) is 0 Å². The molecule has 0 radical (unpaired) electrons. The fourth-order valence-corrected chi connectivity index (χ4v) is 3.10. The van der Waals surface area contributed by atoms with E-state index in [9.17, 15) is 4.79 Å². The van der Waals surface area contributed by atoms with Crippen LogP contribution in [0.2, 0.25) is 0 Å². The third kappa shape index (κ3) is 3.96. The predicted molar refractivity (Wildman–Crippen MR) is 99.2 cm³/mol. The van der Waals surface area contributed by atoms with Gasteiger partial charge in [-0.2, -0.15) is 0 Å². The lowest BCUT2D eigenvalue weighted by atomic mass is 10.2. The second-order valence-electron chi connectivity index (χ2n) is 6.08. The number of anilines is 2. The Balaban J connectivity index is 1.70. The Morgan fingerprint density at radius 2 is 1.72 bits per heavy atom. The van der Waals surface area contributed by atoms with E-state index in [-0.39, 0.29) is 5.91 Å². The number of amides is 1. The van der Waals surface area contributed by atoms with Gasteiger partial charge in [-0.15, -0.1) is 10.2 Å². The smallest absolute Gasteiger partial charge is 0.274 e. The van der Waals surface area contributed by atoms with Crippen molar-refractivity contribution in [3.63, 3.8) is 0 Å². The van der Waals surface area contributed by atoms with Crippen LogP contribution in [0.1, 0.15) is 24.3 Å². The Morgan fingerprint density at radius 3 is 2.28 bits per heavy atom. The van der Waals surface area contributed by atoms with Crippen molar-refractivity contribution >= 4 is 17.4 Å². The number of aromatic nitrogens is 2. The van der Waals surface area contributed by atoms with Crippen LogP contribution in [-0.4, -0.2) is 65.2 Å². The van der Waals surface area contributed by atoms with Gasteiger partial charge in [-0.25, -0.2) is 0 Å². The Kier molecular flexibility index (Phi) is 5.60. The number of nitrogens with zero attached hydrogens (tertiary/aromatic N) is 5. The maximum absolute atomic E-state index is 12.6. The molecule has 0 atom stereocenters. The summed E-state index contributed by atoms with van der Waals surface area (Å²) in [6.07, 6.45) is 0. The van der Waals surface area contributed by atoms with Gasteiger partial charge in [0.05, 0.1) is 0 Å². The molecule has 1 fully saturated rings. The van der Waals surface area contributed by atoms with Crippen LogP contribution in [-0.2, 0) is 0 Å².